The SMILES string of the molecule is CN(C)S(=O)(=O)Nc1c(C(=O)[O-])[nH]c2ccc(F)cc12. The van der Waals surface area contributed by atoms with Crippen LogP contribution in [0.2, 0.25) is 0 Å². The van der Waals surface area contributed by atoms with Gasteiger partial charge in [-0.3, -0.25) is 4.72 Å². The van der Waals surface area contributed by atoms with E-state index in [0.29, 0.717) is 0 Å². The Balaban J connectivity index is 2.69. The number of carboxylic acids is 1. The second-order valence-corrected chi connectivity index (χ2v) is 6.13. The fraction of sp³-hybridized carbons (Fsp3) is 0.182. The Labute approximate surface area is 114 Å². The number of halogens is 1. The number of carboxylic acid groups (broad SMARTS) is 1. The number of aromatic carboxylic acids is 1. The molecule has 0 aliphatic heterocycles. The summed E-state index contributed by atoms with van der Waals surface area (Å²) in [4.78, 5) is 13.5. The molecule has 0 amide bonds. The van der Waals surface area contributed by atoms with E-state index >= 15 is 0 Å². The molecule has 108 valence electrons. The van der Waals surface area contributed by atoms with Gasteiger partial charge in [0.05, 0.1) is 17.4 Å². The van der Waals surface area contributed by atoms with Gasteiger partial charge in [0.1, 0.15) is 5.82 Å². The summed E-state index contributed by atoms with van der Waals surface area (Å²) in [6.45, 7) is 0. The van der Waals surface area contributed by atoms with Crippen LogP contribution in [0, 0.1) is 5.82 Å². The van der Waals surface area contributed by atoms with Crippen LogP contribution >= 0.6 is 0 Å². The maximum Gasteiger partial charge on any atom is 0.301 e. The van der Waals surface area contributed by atoms with Crippen LogP contribution in [0.3, 0.4) is 0 Å². The molecule has 9 heteroatoms. The van der Waals surface area contributed by atoms with Gasteiger partial charge in [-0.25, -0.2) is 4.39 Å². The Morgan fingerprint density at radius 3 is 2.60 bits per heavy atom. The number of aromatic nitrogens is 1. The zero-order chi connectivity index (χ0) is 15.1. The molecule has 0 atom stereocenters. The highest BCUT2D eigenvalue weighted by Crippen LogP contribution is 2.29. The van der Waals surface area contributed by atoms with Crippen LogP contribution in [-0.2, 0) is 10.2 Å². The molecule has 1 aromatic carbocycles. The number of hydrogen-bond donors (Lipinski definition) is 2. The second kappa shape index (κ2) is 4.76. The number of benzene rings is 1. The maximum absolute atomic E-state index is 13.3. The molecule has 2 aromatic rings. The van der Waals surface area contributed by atoms with E-state index in [4.69, 9.17) is 0 Å². The minimum Gasteiger partial charge on any atom is -0.543 e. The number of rotatable bonds is 4. The molecule has 0 spiro atoms. The summed E-state index contributed by atoms with van der Waals surface area (Å²) in [6.07, 6.45) is 0. The monoisotopic (exact) mass is 300 g/mol. The fourth-order valence-electron chi connectivity index (χ4n) is 1.64. The lowest BCUT2D eigenvalue weighted by Gasteiger charge is -2.14. The predicted molar refractivity (Wildman–Crippen MR) is 68.8 cm³/mol. The standard InChI is InChI=1S/C11H12FN3O4S/c1-15(2)20(18,19)14-9-7-5-6(12)3-4-8(7)13-10(9)11(16)17/h3-5,13-14H,1-2H3,(H,16,17)/p-1. The lowest BCUT2D eigenvalue weighted by atomic mass is 10.2. The lowest BCUT2D eigenvalue weighted by Crippen LogP contribution is -2.31. The van der Waals surface area contributed by atoms with Crippen LogP contribution in [0.15, 0.2) is 18.2 Å². The first-order valence-electron chi connectivity index (χ1n) is 5.45. The number of H-pyrrole nitrogens is 1. The predicted octanol–water partition coefficient (Wildman–Crippen LogP) is -0.111. The molecule has 7 nitrogen and oxygen atoms in total. The molecule has 2 rings (SSSR count). The first kappa shape index (κ1) is 14.3. The lowest BCUT2D eigenvalue weighted by molar-refractivity contribution is -0.255. The van der Waals surface area contributed by atoms with Crippen LogP contribution in [0.1, 0.15) is 10.5 Å². The Hall–Kier alpha value is -2.13. The minimum absolute atomic E-state index is 0.106. The van der Waals surface area contributed by atoms with Crippen molar-refractivity contribution < 1.29 is 22.7 Å². The summed E-state index contributed by atoms with van der Waals surface area (Å²) in [5.74, 6) is -2.22. The largest absolute Gasteiger partial charge is 0.543 e. The van der Waals surface area contributed by atoms with Crippen molar-refractivity contribution in [3.63, 3.8) is 0 Å². The first-order valence-corrected chi connectivity index (χ1v) is 6.89. The Kier molecular flexibility index (Phi) is 3.40. The van der Waals surface area contributed by atoms with E-state index in [-0.39, 0.29) is 16.6 Å². The fourth-order valence-corrected chi connectivity index (χ4v) is 2.30. The van der Waals surface area contributed by atoms with E-state index in [9.17, 15) is 22.7 Å². The van der Waals surface area contributed by atoms with Gasteiger partial charge >= 0.3 is 10.2 Å². The minimum atomic E-state index is -3.93. The topological polar surface area (TPSA) is 105 Å². The smallest absolute Gasteiger partial charge is 0.301 e. The summed E-state index contributed by atoms with van der Waals surface area (Å²) in [5.41, 5.74) is -0.439. The van der Waals surface area contributed by atoms with Crippen molar-refractivity contribution in [2.24, 2.45) is 0 Å². The highest BCUT2D eigenvalue weighted by Gasteiger charge is 2.20. The molecule has 0 radical (unpaired) electrons. The summed E-state index contributed by atoms with van der Waals surface area (Å²) >= 11 is 0. The number of anilines is 1. The van der Waals surface area contributed by atoms with Gasteiger partial charge in [-0.15, -0.1) is 0 Å². The molecule has 0 unspecified atom stereocenters. The van der Waals surface area contributed by atoms with E-state index in [1.54, 1.807) is 0 Å². The van der Waals surface area contributed by atoms with E-state index in [1.165, 1.54) is 20.2 Å². The highest BCUT2D eigenvalue weighted by atomic mass is 32.2. The molecule has 1 heterocycles. The molecule has 2 N–H and O–H groups in total. The molecule has 1 aromatic heterocycles. The molecule has 0 saturated heterocycles. The summed E-state index contributed by atoms with van der Waals surface area (Å²) in [7, 11) is -1.38. The first-order chi connectivity index (χ1) is 9.22. The summed E-state index contributed by atoms with van der Waals surface area (Å²) in [5, 5.41) is 11.2. The number of fused-ring (bicyclic) bond motifs is 1. The number of aromatic amines is 1. The molecule has 0 fully saturated rings. The highest BCUT2D eigenvalue weighted by molar-refractivity contribution is 7.90. The van der Waals surface area contributed by atoms with Crippen molar-refractivity contribution in [2.75, 3.05) is 18.8 Å². The van der Waals surface area contributed by atoms with Crippen LogP contribution in [-0.4, -0.2) is 37.8 Å². The average molecular weight is 300 g/mol. The van der Waals surface area contributed by atoms with Crippen LogP contribution in [0.4, 0.5) is 10.1 Å². The number of carbonyl (C=O) groups excluding carboxylic acids is 1. The Morgan fingerprint density at radius 1 is 1.40 bits per heavy atom. The number of nitrogens with zero attached hydrogens (tertiary/aromatic N) is 1. The van der Waals surface area contributed by atoms with Crippen LogP contribution in [0.5, 0.6) is 0 Å². The average Bonchev–Trinajstić information content (AvgIpc) is 2.67. The Morgan fingerprint density at radius 2 is 2.05 bits per heavy atom. The van der Waals surface area contributed by atoms with Crippen LogP contribution < -0.4 is 9.83 Å². The van der Waals surface area contributed by atoms with E-state index in [1.807, 2.05) is 0 Å². The van der Waals surface area contributed by atoms with Crippen molar-refractivity contribution in [3.8, 4) is 0 Å². The van der Waals surface area contributed by atoms with Gasteiger partial charge in [-0.1, -0.05) is 0 Å². The van der Waals surface area contributed by atoms with Gasteiger partial charge in [0.15, 0.2) is 0 Å². The van der Waals surface area contributed by atoms with Crippen molar-refractivity contribution in [1.82, 2.24) is 9.29 Å². The second-order valence-electron chi connectivity index (χ2n) is 4.24. The van der Waals surface area contributed by atoms with Crippen molar-refractivity contribution in [2.45, 2.75) is 0 Å². The molecule has 20 heavy (non-hydrogen) atoms. The molecule has 0 bridgehead atoms. The zero-order valence-corrected chi connectivity index (χ0v) is 11.4. The van der Waals surface area contributed by atoms with Gasteiger partial charge in [0.2, 0.25) is 0 Å². The van der Waals surface area contributed by atoms with E-state index in [0.717, 1.165) is 16.4 Å². The molecule has 0 saturated carbocycles. The zero-order valence-electron chi connectivity index (χ0n) is 10.6. The summed E-state index contributed by atoms with van der Waals surface area (Å²) in [6, 6.07) is 3.47. The Bertz CT molecular complexity index is 782. The van der Waals surface area contributed by atoms with Gasteiger partial charge in [-0.2, -0.15) is 12.7 Å². The quantitative estimate of drug-likeness (QED) is 0.821. The van der Waals surface area contributed by atoms with Gasteiger partial charge in [0, 0.05) is 25.0 Å². The van der Waals surface area contributed by atoms with Gasteiger partial charge in [-0.05, 0) is 18.2 Å². The number of hydrogen-bond acceptors (Lipinski definition) is 4. The van der Waals surface area contributed by atoms with Crippen LogP contribution in [0.25, 0.3) is 10.9 Å². The van der Waals surface area contributed by atoms with Gasteiger partial charge in [0.25, 0.3) is 0 Å². The van der Waals surface area contributed by atoms with E-state index < -0.39 is 27.7 Å². The normalized spacial score (nSPS) is 12.0. The summed E-state index contributed by atoms with van der Waals surface area (Å²) < 4.78 is 39.8. The van der Waals surface area contributed by atoms with Crippen molar-refractivity contribution in [1.29, 1.82) is 0 Å². The molecule has 0 aliphatic carbocycles. The van der Waals surface area contributed by atoms with Gasteiger partial charge < -0.3 is 14.9 Å². The van der Waals surface area contributed by atoms with Crippen molar-refractivity contribution in [3.05, 3.63) is 29.7 Å². The molecular formula is C11H11FN3O4S-. The maximum atomic E-state index is 13.3. The van der Waals surface area contributed by atoms with E-state index in [2.05, 4.69) is 9.71 Å². The molecular weight excluding hydrogens is 289 g/mol. The third-order valence-electron chi connectivity index (χ3n) is 2.68. The number of nitrogens with one attached hydrogen (secondary N) is 2. The third-order valence-corrected chi connectivity index (χ3v) is 4.10. The third kappa shape index (κ3) is 2.45. The number of carbonyl (C=O) groups is 1. The molecule has 0 aliphatic rings. The van der Waals surface area contributed by atoms with Crippen molar-refractivity contribution >= 4 is 32.8 Å².